The Balaban J connectivity index is 2.64. The van der Waals surface area contributed by atoms with E-state index < -0.39 is 5.97 Å². The van der Waals surface area contributed by atoms with Crippen LogP contribution >= 0.6 is 0 Å². The molecule has 0 fully saturated rings. The zero-order valence-electron chi connectivity index (χ0n) is 15.4. The Hall–Kier alpha value is -3.01. The van der Waals surface area contributed by atoms with Crippen molar-refractivity contribution >= 4 is 18.1 Å². The SMILES string of the molecule is C=C(C)CCc1c(OC)cc(O)c(C(=O)OC)c1C=Cc1ccccc1. The molecular weight excluding hydrogens is 328 g/mol. The molecule has 2 aromatic rings. The van der Waals surface area contributed by atoms with E-state index in [0.717, 1.165) is 23.1 Å². The highest BCUT2D eigenvalue weighted by Gasteiger charge is 2.22. The standard InChI is InChI=1S/C22H24O4/c1-15(2)10-12-17-18(13-11-16-8-6-5-7-9-16)21(22(24)26-4)19(23)14-20(17)25-3/h5-9,11,13-14,23H,1,10,12H2,2-4H3. The van der Waals surface area contributed by atoms with Crippen LogP contribution in [-0.4, -0.2) is 25.3 Å². The highest BCUT2D eigenvalue weighted by atomic mass is 16.5. The molecule has 0 unspecified atom stereocenters. The van der Waals surface area contributed by atoms with Crippen molar-refractivity contribution in [2.75, 3.05) is 14.2 Å². The van der Waals surface area contributed by atoms with Crippen LogP contribution in [0.2, 0.25) is 0 Å². The van der Waals surface area contributed by atoms with Gasteiger partial charge in [0.15, 0.2) is 0 Å². The van der Waals surface area contributed by atoms with E-state index in [1.165, 1.54) is 13.2 Å². The summed E-state index contributed by atoms with van der Waals surface area (Å²) in [6.45, 7) is 5.89. The summed E-state index contributed by atoms with van der Waals surface area (Å²) in [6.07, 6.45) is 5.09. The first-order valence-corrected chi connectivity index (χ1v) is 8.36. The van der Waals surface area contributed by atoms with Crippen molar-refractivity contribution < 1.29 is 19.4 Å². The van der Waals surface area contributed by atoms with Gasteiger partial charge in [0.1, 0.15) is 17.1 Å². The molecule has 0 heterocycles. The average Bonchev–Trinajstić information content (AvgIpc) is 2.64. The second-order valence-electron chi connectivity index (χ2n) is 6.06. The molecule has 4 heteroatoms. The molecule has 1 N–H and O–H groups in total. The summed E-state index contributed by atoms with van der Waals surface area (Å²) in [5, 5.41) is 10.4. The molecule has 0 saturated heterocycles. The Morgan fingerprint density at radius 1 is 1.19 bits per heavy atom. The molecule has 0 atom stereocenters. The monoisotopic (exact) mass is 352 g/mol. The summed E-state index contributed by atoms with van der Waals surface area (Å²) in [7, 11) is 2.84. The van der Waals surface area contributed by atoms with E-state index in [-0.39, 0.29) is 11.3 Å². The van der Waals surface area contributed by atoms with Gasteiger partial charge in [-0.3, -0.25) is 0 Å². The molecular formula is C22H24O4. The molecule has 0 aromatic heterocycles. The maximum atomic E-state index is 12.3. The predicted molar refractivity (Wildman–Crippen MR) is 105 cm³/mol. The topological polar surface area (TPSA) is 55.8 Å². The molecule has 0 aliphatic carbocycles. The van der Waals surface area contributed by atoms with Crippen LogP contribution in [0.25, 0.3) is 12.2 Å². The van der Waals surface area contributed by atoms with Gasteiger partial charge >= 0.3 is 5.97 Å². The van der Waals surface area contributed by atoms with Gasteiger partial charge in [0.25, 0.3) is 0 Å². The first-order valence-electron chi connectivity index (χ1n) is 8.36. The zero-order valence-corrected chi connectivity index (χ0v) is 15.4. The minimum absolute atomic E-state index is 0.136. The normalized spacial score (nSPS) is 10.7. The predicted octanol–water partition coefficient (Wildman–Crippen LogP) is 4.87. The molecule has 26 heavy (non-hydrogen) atoms. The van der Waals surface area contributed by atoms with Crippen molar-refractivity contribution in [1.82, 2.24) is 0 Å². The van der Waals surface area contributed by atoms with Crippen molar-refractivity contribution in [3.8, 4) is 11.5 Å². The van der Waals surface area contributed by atoms with Gasteiger partial charge in [0.2, 0.25) is 0 Å². The third kappa shape index (κ3) is 4.54. The lowest BCUT2D eigenvalue weighted by molar-refractivity contribution is 0.0597. The van der Waals surface area contributed by atoms with E-state index in [1.54, 1.807) is 7.11 Å². The highest BCUT2D eigenvalue weighted by molar-refractivity contribution is 5.99. The minimum atomic E-state index is -0.588. The number of allylic oxidation sites excluding steroid dienone is 1. The fraction of sp³-hybridized carbons (Fsp3) is 0.227. The zero-order chi connectivity index (χ0) is 19.1. The summed E-state index contributed by atoms with van der Waals surface area (Å²) in [4.78, 5) is 12.3. The Kier molecular flexibility index (Phi) is 6.61. The third-order valence-corrected chi connectivity index (χ3v) is 4.07. The summed E-state index contributed by atoms with van der Waals surface area (Å²) in [6, 6.07) is 11.2. The minimum Gasteiger partial charge on any atom is -0.507 e. The van der Waals surface area contributed by atoms with Crippen LogP contribution < -0.4 is 4.74 Å². The number of ether oxygens (including phenoxy) is 2. The van der Waals surface area contributed by atoms with Crippen LogP contribution in [0.5, 0.6) is 11.5 Å². The van der Waals surface area contributed by atoms with E-state index in [4.69, 9.17) is 9.47 Å². The summed E-state index contributed by atoms with van der Waals surface area (Å²) in [5.41, 5.74) is 3.58. The molecule has 0 aliphatic rings. The van der Waals surface area contributed by atoms with E-state index in [1.807, 2.05) is 49.4 Å². The molecule has 0 saturated carbocycles. The van der Waals surface area contributed by atoms with Gasteiger partial charge < -0.3 is 14.6 Å². The molecule has 4 nitrogen and oxygen atoms in total. The molecule has 0 amide bonds. The quantitative estimate of drug-likeness (QED) is 0.439. The number of phenolic OH excluding ortho intramolecular Hbond substituents is 1. The number of hydrogen-bond donors (Lipinski definition) is 1. The molecule has 2 rings (SSSR count). The lowest BCUT2D eigenvalue weighted by atomic mass is 9.93. The van der Waals surface area contributed by atoms with E-state index in [9.17, 15) is 9.90 Å². The average molecular weight is 352 g/mol. The van der Waals surface area contributed by atoms with Crippen molar-refractivity contribution in [2.45, 2.75) is 19.8 Å². The maximum Gasteiger partial charge on any atom is 0.342 e. The summed E-state index contributed by atoms with van der Waals surface area (Å²) in [5.74, 6) is -0.223. The lowest BCUT2D eigenvalue weighted by Gasteiger charge is -2.17. The molecule has 0 aliphatic heterocycles. The van der Waals surface area contributed by atoms with Gasteiger partial charge in [0.05, 0.1) is 14.2 Å². The van der Waals surface area contributed by atoms with Gasteiger partial charge in [-0.15, -0.1) is 6.58 Å². The molecule has 2 aromatic carbocycles. The van der Waals surface area contributed by atoms with Crippen molar-refractivity contribution in [3.63, 3.8) is 0 Å². The Morgan fingerprint density at radius 2 is 1.88 bits per heavy atom. The number of phenols is 1. The Labute approximate surface area is 154 Å². The largest absolute Gasteiger partial charge is 0.507 e. The van der Waals surface area contributed by atoms with Crippen LogP contribution in [0.4, 0.5) is 0 Å². The second-order valence-corrected chi connectivity index (χ2v) is 6.06. The van der Waals surface area contributed by atoms with Gasteiger partial charge in [-0.05, 0) is 30.9 Å². The van der Waals surface area contributed by atoms with Crippen LogP contribution in [0, 0.1) is 0 Å². The Morgan fingerprint density at radius 3 is 2.46 bits per heavy atom. The number of carbonyl (C=O) groups excluding carboxylic acids is 1. The number of methoxy groups -OCH3 is 2. The highest BCUT2D eigenvalue weighted by Crippen LogP contribution is 2.36. The number of esters is 1. The van der Waals surface area contributed by atoms with Crippen molar-refractivity contribution in [2.24, 2.45) is 0 Å². The molecule has 0 radical (unpaired) electrons. The van der Waals surface area contributed by atoms with Gasteiger partial charge in [-0.25, -0.2) is 4.79 Å². The summed E-state index contributed by atoms with van der Waals surface area (Å²) >= 11 is 0. The fourth-order valence-corrected chi connectivity index (χ4v) is 2.73. The number of benzene rings is 2. The number of rotatable bonds is 7. The van der Waals surface area contributed by atoms with Crippen molar-refractivity contribution in [1.29, 1.82) is 0 Å². The van der Waals surface area contributed by atoms with Crippen LogP contribution in [-0.2, 0) is 11.2 Å². The van der Waals surface area contributed by atoms with Crippen molar-refractivity contribution in [3.05, 3.63) is 70.8 Å². The van der Waals surface area contributed by atoms with E-state index >= 15 is 0 Å². The first-order chi connectivity index (χ1) is 12.5. The van der Waals surface area contributed by atoms with E-state index in [0.29, 0.717) is 17.7 Å². The third-order valence-electron chi connectivity index (χ3n) is 4.07. The maximum absolute atomic E-state index is 12.3. The van der Waals surface area contributed by atoms with Gasteiger partial charge in [-0.1, -0.05) is 48.1 Å². The van der Waals surface area contributed by atoms with Gasteiger partial charge in [0, 0.05) is 11.6 Å². The second kappa shape index (κ2) is 8.90. The first kappa shape index (κ1) is 19.3. The Bertz CT molecular complexity index is 820. The molecule has 0 bridgehead atoms. The summed E-state index contributed by atoms with van der Waals surface area (Å²) < 4.78 is 10.3. The number of hydrogen-bond acceptors (Lipinski definition) is 4. The number of carbonyl (C=O) groups is 1. The molecule has 136 valence electrons. The molecule has 0 spiro atoms. The van der Waals surface area contributed by atoms with Crippen LogP contribution in [0.1, 0.15) is 40.4 Å². The smallest absolute Gasteiger partial charge is 0.342 e. The lowest BCUT2D eigenvalue weighted by Crippen LogP contribution is -2.08. The van der Waals surface area contributed by atoms with E-state index in [2.05, 4.69) is 6.58 Å². The number of aromatic hydroxyl groups is 1. The van der Waals surface area contributed by atoms with Crippen LogP contribution in [0.15, 0.2) is 48.6 Å². The van der Waals surface area contributed by atoms with Crippen LogP contribution in [0.3, 0.4) is 0 Å². The fourth-order valence-electron chi connectivity index (χ4n) is 2.73. The van der Waals surface area contributed by atoms with Gasteiger partial charge in [-0.2, -0.15) is 0 Å².